The van der Waals surface area contributed by atoms with Crippen LogP contribution in [0.4, 0.5) is 0 Å². The van der Waals surface area contributed by atoms with Crippen molar-refractivity contribution < 1.29 is 14.7 Å². The first kappa shape index (κ1) is 7.62. The summed E-state index contributed by atoms with van der Waals surface area (Å²) in [4.78, 5) is 19.7. The number of carbonyl (C=O) groups excluding carboxylic acids is 2. The molecular formula is C6H6O3. The topological polar surface area (TPSA) is 54.4 Å². The number of ketones is 1. The maximum Gasteiger partial charge on any atom is 0.218 e. The Kier molecular flexibility index (Phi) is 4.04. The van der Waals surface area contributed by atoms with Gasteiger partial charge >= 0.3 is 0 Å². The van der Waals surface area contributed by atoms with Crippen LogP contribution >= 0.6 is 0 Å². The number of aldehydes is 1. The molecule has 0 saturated heterocycles. The minimum absolute atomic E-state index is 0.196. The van der Waals surface area contributed by atoms with E-state index in [4.69, 9.17) is 5.11 Å². The molecule has 0 aliphatic heterocycles. The largest absolute Gasteiger partial charge is 0.516 e. The van der Waals surface area contributed by atoms with Crippen LogP contribution in [0.15, 0.2) is 24.5 Å². The quantitative estimate of drug-likeness (QED) is 0.195. The monoisotopic (exact) mass is 126 g/mol. The van der Waals surface area contributed by atoms with E-state index in [0.29, 0.717) is 0 Å². The van der Waals surface area contributed by atoms with Gasteiger partial charge in [-0.15, -0.1) is 0 Å². The summed E-state index contributed by atoms with van der Waals surface area (Å²) in [5, 5.41) is 8.02. The zero-order valence-electron chi connectivity index (χ0n) is 4.65. The lowest BCUT2D eigenvalue weighted by atomic mass is 10.4. The zero-order chi connectivity index (χ0) is 7.11. The van der Waals surface area contributed by atoms with Crippen molar-refractivity contribution in [1.29, 1.82) is 0 Å². The van der Waals surface area contributed by atoms with Crippen LogP contribution in [0.5, 0.6) is 0 Å². The molecule has 0 radical (unpaired) electrons. The van der Waals surface area contributed by atoms with E-state index in [2.05, 4.69) is 0 Å². The Balaban J connectivity index is 3.70. The highest BCUT2D eigenvalue weighted by atomic mass is 16.2. The third-order valence-electron chi connectivity index (χ3n) is 0.574. The number of hydrogen-bond donors (Lipinski definition) is 1. The fourth-order valence-electron chi connectivity index (χ4n) is 0.239. The average molecular weight is 126 g/mol. The van der Waals surface area contributed by atoms with Gasteiger partial charge in [-0.3, -0.25) is 9.59 Å². The van der Waals surface area contributed by atoms with Crippen molar-refractivity contribution in [1.82, 2.24) is 0 Å². The summed E-state index contributed by atoms with van der Waals surface area (Å²) in [6, 6.07) is 0. The number of rotatable bonds is 3. The van der Waals surface area contributed by atoms with E-state index in [1.165, 1.54) is 12.2 Å². The second-order valence-corrected chi connectivity index (χ2v) is 1.22. The maximum absolute atomic E-state index is 10.1. The summed E-state index contributed by atoms with van der Waals surface area (Å²) in [6.45, 7) is 0. The van der Waals surface area contributed by atoms with Gasteiger partial charge in [0.05, 0.1) is 6.26 Å². The third-order valence-corrected chi connectivity index (χ3v) is 0.574. The van der Waals surface area contributed by atoms with Crippen molar-refractivity contribution in [3.05, 3.63) is 24.5 Å². The van der Waals surface area contributed by atoms with Crippen molar-refractivity contribution >= 4 is 12.1 Å². The van der Waals surface area contributed by atoms with Gasteiger partial charge in [0.1, 0.15) is 0 Å². The number of aliphatic hydroxyl groups excluding tert-OH is 1. The van der Waals surface area contributed by atoms with Gasteiger partial charge < -0.3 is 5.11 Å². The molecule has 1 N–H and O–H groups in total. The van der Waals surface area contributed by atoms with Gasteiger partial charge in [-0.05, 0) is 12.2 Å². The highest BCUT2D eigenvalue weighted by Crippen LogP contribution is 1.74. The lowest BCUT2D eigenvalue weighted by Crippen LogP contribution is -1.90. The van der Waals surface area contributed by atoms with Crippen molar-refractivity contribution in [3.63, 3.8) is 0 Å². The summed E-state index contributed by atoms with van der Waals surface area (Å²) in [7, 11) is 0. The molecule has 0 bridgehead atoms. The average Bonchev–Trinajstić information content (AvgIpc) is 1.89. The highest BCUT2D eigenvalue weighted by Gasteiger charge is 1.85. The first-order valence-corrected chi connectivity index (χ1v) is 2.28. The number of allylic oxidation sites excluding steroid dienone is 3. The van der Waals surface area contributed by atoms with Gasteiger partial charge in [-0.1, -0.05) is 6.08 Å². The summed E-state index contributed by atoms with van der Waals surface area (Å²) in [5.41, 5.74) is 0. The van der Waals surface area contributed by atoms with Crippen molar-refractivity contribution in [2.45, 2.75) is 0 Å². The maximum atomic E-state index is 10.1. The molecule has 0 unspecified atom stereocenters. The minimum atomic E-state index is -0.617. The van der Waals surface area contributed by atoms with Gasteiger partial charge in [0.2, 0.25) is 5.78 Å². The molecule has 0 rings (SSSR count). The van der Waals surface area contributed by atoms with Crippen LogP contribution in [0.3, 0.4) is 0 Å². The van der Waals surface area contributed by atoms with Crippen LogP contribution in [-0.4, -0.2) is 17.2 Å². The molecule has 0 aromatic rings. The van der Waals surface area contributed by atoms with Crippen LogP contribution in [0.25, 0.3) is 0 Å². The van der Waals surface area contributed by atoms with E-state index in [1.807, 2.05) is 0 Å². The van der Waals surface area contributed by atoms with E-state index < -0.39 is 5.78 Å². The standard InChI is InChI=1S/C6H6O3/c7-4-2-1-3-6(9)5-8/h1-5,7H/b3-1+,4-2-. The van der Waals surface area contributed by atoms with Crippen LogP contribution in [-0.2, 0) is 9.59 Å². The molecule has 0 atom stereocenters. The van der Waals surface area contributed by atoms with E-state index in [1.54, 1.807) is 0 Å². The predicted octanol–water partition coefficient (Wildman–Crippen LogP) is 0.382. The fraction of sp³-hybridized carbons (Fsp3) is 0. The van der Waals surface area contributed by atoms with Gasteiger partial charge in [0.25, 0.3) is 0 Å². The normalized spacial score (nSPS) is 10.7. The fourth-order valence-corrected chi connectivity index (χ4v) is 0.239. The van der Waals surface area contributed by atoms with E-state index in [0.717, 1.165) is 12.3 Å². The number of hydrogen-bond acceptors (Lipinski definition) is 3. The predicted molar refractivity (Wildman–Crippen MR) is 32.0 cm³/mol. The SMILES string of the molecule is O=CC(=O)/C=C/C=C\O. The molecule has 48 valence electrons. The summed E-state index contributed by atoms with van der Waals surface area (Å²) < 4.78 is 0. The van der Waals surface area contributed by atoms with Crippen molar-refractivity contribution in [3.8, 4) is 0 Å². The van der Waals surface area contributed by atoms with Crippen LogP contribution in [0, 0.1) is 0 Å². The first-order valence-electron chi connectivity index (χ1n) is 2.28. The summed E-state index contributed by atoms with van der Waals surface area (Å²) >= 11 is 0. The molecule has 0 aromatic heterocycles. The second-order valence-electron chi connectivity index (χ2n) is 1.22. The van der Waals surface area contributed by atoms with Crippen molar-refractivity contribution in [2.24, 2.45) is 0 Å². The molecule has 0 aliphatic carbocycles. The lowest BCUT2D eigenvalue weighted by Gasteiger charge is -1.71. The zero-order valence-corrected chi connectivity index (χ0v) is 4.65. The van der Waals surface area contributed by atoms with E-state index in [9.17, 15) is 9.59 Å². The lowest BCUT2D eigenvalue weighted by molar-refractivity contribution is -0.126. The molecule has 9 heavy (non-hydrogen) atoms. The molecular weight excluding hydrogens is 120 g/mol. The molecule has 0 aromatic carbocycles. The van der Waals surface area contributed by atoms with Crippen molar-refractivity contribution in [2.75, 3.05) is 0 Å². The van der Waals surface area contributed by atoms with Gasteiger partial charge in [0.15, 0.2) is 6.29 Å². The first-order chi connectivity index (χ1) is 4.31. The van der Waals surface area contributed by atoms with E-state index >= 15 is 0 Å². The summed E-state index contributed by atoms with van der Waals surface area (Å²) in [6.07, 6.45) is 4.54. The van der Waals surface area contributed by atoms with E-state index in [-0.39, 0.29) is 6.29 Å². The van der Waals surface area contributed by atoms with Crippen LogP contribution in [0.2, 0.25) is 0 Å². The third kappa shape index (κ3) is 4.47. The number of carbonyl (C=O) groups is 2. The van der Waals surface area contributed by atoms with Crippen LogP contribution < -0.4 is 0 Å². The van der Waals surface area contributed by atoms with Crippen LogP contribution in [0.1, 0.15) is 0 Å². The Hall–Kier alpha value is -1.38. The molecule has 0 spiro atoms. The Morgan fingerprint density at radius 3 is 2.44 bits per heavy atom. The summed E-state index contributed by atoms with van der Waals surface area (Å²) in [5.74, 6) is -0.617. The Labute approximate surface area is 52.3 Å². The Morgan fingerprint density at radius 2 is 2.00 bits per heavy atom. The molecule has 0 heterocycles. The highest BCUT2D eigenvalue weighted by molar-refractivity contribution is 6.30. The smallest absolute Gasteiger partial charge is 0.218 e. The molecule has 0 amide bonds. The Bertz CT molecular complexity index is 156. The molecule has 3 heteroatoms. The molecule has 3 nitrogen and oxygen atoms in total. The van der Waals surface area contributed by atoms with Gasteiger partial charge in [-0.2, -0.15) is 0 Å². The second kappa shape index (κ2) is 4.77. The Morgan fingerprint density at radius 1 is 1.33 bits per heavy atom. The molecule has 0 aliphatic rings. The minimum Gasteiger partial charge on any atom is -0.516 e. The van der Waals surface area contributed by atoms with Gasteiger partial charge in [-0.25, -0.2) is 0 Å². The molecule has 0 saturated carbocycles. The van der Waals surface area contributed by atoms with Gasteiger partial charge in [0, 0.05) is 0 Å². The number of aliphatic hydroxyl groups is 1. The molecule has 0 fully saturated rings.